The van der Waals surface area contributed by atoms with Crippen molar-refractivity contribution in [3.63, 3.8) is 0 Å². The highest BCUT2D eigenvalue weighted by atomic mass is 32.2. The molecule has 45 heavy (non-hydrogen) atoms. The summed E-state index contributed by atoms with van der Waals surface area (Å²) in [5.74, 6) is -49.1. The molecule has 0 bridgehead atoms. The van der Waals surface area contributed by atoms with Crippen molar-refractivity contribution >= 4 is 31.8 Å². The van der Waals surface area contributed by atoms with Gasteiger partial charge < -0.3 is 9.66 Å². The van der Waals surface area contributed by atoms with Crippen LogP contribution in [-0.4, -0.2) is 76.5 Å². The third-order valence-electron chi connectivity index (χ3n) is 6.21. The van der Waals surface area contributed by atoms with Crippen LogP contribution in [0.2, 0.25) is 0 Å². The molecule has 0 radical (unpaired) electrons. The van der Waals surface area contributed by atoms with E-state index in [1.807, 2.05) is 18.2 Å². The van der Waals surface area contributed by atoms with Crippen LogP contribution in [0, 0.1) is 0 Å². The Morgan fingerprint density at radius 3 is 1.36 bits per heavy atom. The van der Waals surface area contributed by atoms with Crippen molar-refractivity contribution in [3.8, 4) is 5.75 Å². The maximum atomic E-state index is 13.0. The Kier molecular flexibility index (Phi) is 10.0. The molecule has 0 saturated carbocycles. The number of fused-ring (bicyclic) bond motifs is 1. The predicted molar refractivity (Wildman–Crippen MR) is 121 cm³/mol. The van der Waals surface area contributed by atoms with Gasteiger partial charge in [0.25, 0.3) is 0 Å². The molecule has 1 aliphatic heterocycles. The second kappa shape index (κ2) is 11.7. The van der Waals surface area contributed by atoms with E-state index in [9.17, 15) is 92.7 Å². The van der Waals surface area contributed by atoms with E-state index in [0.29, 0.717) is 16.6 Å². The Morgan fingerprint density at radius 2 is 0.956 bits per heavy atom. The Labute approximate surface area is 243 Å². The van der Waals surface area contributed by atoms with E-state index in [0.717, 1.165) is 5.39 Å². The third-order valence-corrected chi connectivity index (χ3v) is 9.64. The molecule has 0 unspecified atom stereocenters. The summed E-state index contributed by atoms with van der Waals surface area (Å²) in [6.07, 6.45) is -5.17. The van der Waals surface area contributed by atoms with Gasteiger partial charge in [-0.25, -0.2) is 8.42 Å². The van der Waals surface area contributed by atoms with E-state index >= 15 is 0 Å². The Balaban J connectivity index is 0.000000364. The Morgan fingerprint density at radius 1 is 0.578 bits per heavy atom. The summed E-state index contributed by atoms with van der Waals surface area (Å²) >= 11 is 0. The van der Waals surface area contributed by atoms with Gasteiger partial charge in [-0.2, -0.15) is 74.6 Å². The minimum Gasteiger partial charge on any atom is -0.743 e. The highest BCUT2D eigenvalue weighted by molar-refractivity contribution is 7.97. The number of benzene rings is 2. The highest BCUT2D eigenvalue weighted by Crippen LogP contribution is 2.64. The molecule has 2 aromatic carbocycles. The van der Waals surface area contributed by atoms with E-state index in [1.165, 1.54) is 34.6 Å². The van der Waals surface area contributed by atoms with Gasteiger partial charge in [0.1, 0.15) is 17.3 Å². The molecule has 0 amide bonds. The molecule has 1 aliphatic rings. The average molecular weight is 730 g/mol. The number of hydrogen-bond donors (Lipinski definition) is 1. The van der Waals surface area contributed by atoms with Gasteiger partial charge in [0.05, 0.1) is 0 Å². The van der Waals surface area contributed by atoms with Gasteiger partial charge >= 0.3 is 47.0 Å². The molecule has 4 nitrogen and oxygen atoms in total. The molecule has 23 heteroatoms. The maximum absolute atomic E-state index is 13.0. The molecule has 3 rings (SSSR count). The molecule has 0 atom stereocenters. The number of aromatic hydroxyl groups is 1. The van der Waals surface area contributed by atoms with Crippen LogP contribution >= 0.6 is 0 Å². The van der Waals surface area contributed by atoms with Crippen molar-refractivity contribution in [2.24, 2.45) is 0 Å². The van der Waals surface area contributed by atoms with Gasteiger partial charge in [0.2, 0.25) is 0 Å². The summed E-state index contributed by atoms with van der Waals surface area (Å²) in [5.41, 5.74) is 0. The van der Waals surface area contributed by atoms with Gasteiger partial charge in [0, 0.05) is 21.7 Å². The quantitative estimate of drug-likeness (QED) is 0.171. The number of halogens is 17. The van der Waals surface area contributed by atoms with Crippen LogP contribution in [0.4, 0.5) is 74.6 Å². The molecule has 2 aromatic rings. The standard InChI is InChI=1S/C14H14OS.C8HF17O3S/c15-13-7-8-14(16-9-3-4-10-16)12-6-2-1-5-11(12)13;9-1(10,3(13,14)5(17,18)7(21,22)23)2(11,12)4(15,16)6(19,20)8(24,25)29(26,27)28/h1-2,5-8H,3-4,9-10H2;(H,26,27,28). The predicted octanol–water partition coefficient (Wildman–Crippen LogP) is 7.81. The van der Waals surface area contributed by atoms with E-state index in [1.54, 1.807) is 0 Å². The molecule has 0 spiro atoms. The van der Waals surface area contributed by atoms with Crippen LogP contribution in [0.5, 0.6) is 5.75 Å². The first-order chi connectivity index (χ1) is 19.9. The van der Waals surface area contributed by atoms with Crippen molar-refractivity contribution in [3.05, 3.63) is 36.4 Å². The van der Waals surface area contributed by atoms with Crippen LogP contribution in [0.25, 0.3) is 10.8 Å². The van der Waals surface area contributed by atoms with E-state index in [4.69, 9.17) is 0 Å². The second-order valence-electron chi connectivity index (χ2n) is 9.15. The number of hydrogen-bond acceptors (Lipinski definition) is 4. The van der Waals surface area contributed by atoms with Crippen molar-refractivity contribution < 1.29 is 92.7 Å². The average Bonchev–Trinajstić information content (AvgIpc) is 3.42. The summed E-state index contributed by atoms with van der Waals surface area (Å²) in [4.78, 5) is 1.45. The normalized spacial score (nSPS) is 16.9. The smallest absolute Gasteiger partial charge is 0.460 e. The fourth-order valence-electron chi connectivity index (χ4n) is 3.69. The topological polar surface area (TPSA) is 77.4 Å². The van der Waals surface area contributed by atoms with Gasteiger partial charge in [-0.05, 0) is 31.0 Å². The van der Waals surface area contributed by atoms with E-state index in [2.05, 4.69) is 18.2 Å². The number of phenols is 1. The van der Waals surface area contributed by atoms with Crippen LogP contribution in [0.15, 0.2) is 41.3 Å². The fraction of sp³-hybridized carbons (Fsp3) is 0.545. The Bertz CT molecular complexity index is 1480. The molecule has 0 aromatic heterocycles. The molecule has 1 heterocycles. The first-order valence-electron chi connectivity index (χ1n) is 11.4. The number of rotatable bonds is 8. The minimum atomic E-state index is -8.92. The van der Waals surface area contributed by atoms with E-state index < -0.39 is 57.1 Å². The highest BCUT2D eigenvalue weighted by Gasteiger charge is 2.95. The lowest BCUT2D eigenvalue weighted by molar-refractivity contribution is -0.458. The number of alkyl halides is 17. The van der Waals surface area contributed by atoms with Crippen molar-refractivity contribution in [2.75, 3.05) is 11.5 Å². The van der Waals surface area contributed by atoms with Crippen LogP contribution in [0.1, 0.15) is 12.8 Å². The van der Waals surface area contributed by atoms with Gasteiger partial charge in [-0.1, -0.05) is 18.2 Å². The summed E-state index contributed by atoms with van der Waals surface area (Å²) in [6.45, 7) is 0. The lowest BCUT2D eigenvalue weighted by Gasteiger charge is -2.42. The third kappa shape index (κ3) is 5.95. The molecule has 1 fully saturated rings. The molecular weight excluding hydrogens is 715 g/mol. The first-order valence-corrected chi connectivity index (χ1v) is 14.4. The van der Waals surface area contributed by atoms with Crippen LogP contribution in [0.3, 0.4) is 0 Å². The summed E-state index contributed by atoms with van der Waals surface area (Å²) in [5, 5.41) is 4.13. The summed E-state index contributed by atoms with van der Waals surface area (Å²) in [6, 6.07) is 12.2. The zero-order valence-corrected chi connectivity index (χ0v) is 22.8. The number of phenolic OH excluding ortho intramolecular Hbond substituents is 1. The van der Waals surface area contributed by atoms with Crippen molar-refractivity contribution in [2.45, 2.75) is 64.7 Å². The lowest BCUT2D eigenvalue weighted by Crippen LogP contribution is -2.75. The van der Waals surface area contributed by atoms with Crippen LogP contribution < -0.4 is 0 Å². The summed E-state index contributed by atoms with van der Waals surface area (Å²) in [7, 11) is -7.73. The molecule has 1 N–H and O–H groups in total. The fourth-order valence-corrected chi connectivity index (χ4v) is 6.63. The zero-order chi connectivity index (χ0) is 35.5. The van der Waals surface area contributed by atoms with Crippen molar-refractivity contribution in [1.29, 1.82) is 0 Å². The molecule has 258 valence electrons. The van der Waals surface area contributed by atoms with Gasteiger partial charge in [0.15, 0.2) is 15.0 Å². The molecule has 0 aliphatic carbocycles. The van der Waals surface area contributed by atoms with Gasteiger partial charge in [-0.15, -0.1) is 0 Å². The minimum absolute atomic E-state index is 0.405. The van der Waals surface area contributed by atoms with Crippen LogP contribution in [-0.2, 0) is 21.0 Å². The summed E-state index contributed by atoms with van der Waals surface area (Å²) < 4.78 is 244. The lowest BCUT2D eigenvalue weighted by atomic mass is 9.91. The first kappa shape index (κ1) is 38.8. The molecular formula is C22H15F17O4S2. The second-order valence-corrected chi connectivity index (χ2v) is 12.8. The largest absolute Gasteiger partial charge is 0.743 e. The zero-order valence-electron chi connectivity index (χ0n) is 21.2. The van der Waals surface area contributed by atoms with Gasteiger partial charge in [-0.3, -0.25) is 0 Å². The SMILES string of the molecule is O=S(=O)([O-])C(F)(F)C(F)(F)C(F)(F)C(F)(F)C(F)(F)C(F)(F)C(F)(F)C(F)(F)F.Oc1ccc([S+]2CCCC2)c2ccccc12. The maximum Gasteiger partial charge on any atom is 0.460 e. The Hall–Kier alpha value is -2.43. The molecule has 1 saturated heterocycles. The van der Waals surface area contributed by atoms with Crippen molar-refractivity contribution in [1.82, 2.24) is 0 Å². The monoisotopic (exact) mass is 730 g/mol. The van der Waals surface area contributed by atoms with E-state index in [-0.39, 0.29) is 0 Å².